The van der Waals surface area contributed by atoms with E-state index in [1.165, 1.54) is 0 Å². The smallest absolute Gasteiger partial charge is 0.274 e. The first-order chi connectivity index (χ1) is 11.5. The Morgan fingerprint density at radius 2 is 2.25 bits per heavy atom. The summed E-state index contributed by atoms with van der Waals surface area (Å²) in [5.41, 5.74) is 2.12. The fraction of sp³-hybridized carbons (Fsp3) is 0.471. The number of hydrogen-bond donors (Lipinski definition) is 2. The van der Waals surface area contributed by atoms with Crippen molar-refractivity contribution in [2.24, 2.45) is 0 Å². The highest BCUT2D eigenvalue weighted by molar-refractivity contribution is 7.10. The normalized spacial score (nSPS) is 17.5. The van der Waals surface area contributed by atoms with Crippen molar-refractivity contribution in [2.45, 2.75) is 39.2 Å². The molecule has 2 aromatic heterocycles. The third kappa shape index (κ3) is 3.36. The number of H-pyrrole nitrogens is 1. The second-order valence-electron chi connectivity index (χ2n) is 6.46. The summed E-state index contributed by atoms with van der Waals surface area (Å²) >= 11 is 1.56. The Balaban J connectivity index is 1.59. The van der Waals surface area contributed by atoms with Crippen LogP contribution in [0.5, 0.6) is 0 Å². The zero-order valence-corrected chi connectivity index (χ0v) is 14.9. The molecule has 1 aliphatic rings. The van der Waals surface area contributed by atoms with Crippen molar-refractivity contribution < 1.29 is 9.59 Å². The van der Waals surface area contributed by atoms with Gasteiger partial charge >= 0.3 is 0 Å². The van der Waals surface area contributed by atoms with Gasteiger partial charge in [-0.15, -0.1) is 11.3 Å². The molecule has 1 aliphatic heterocycles. The molecule has 1 unspecified atom stereocenters. The van der Waals surface area contributed by atoms with Crippen LogP contribution in [0.15, 0.2) is 17.5 Å². The molecule has 0 bridgehead atoms. The number of aryl methyl sites for hydroxylation is 1. The second kappa shape index (κ2) is 6.76. The van der Waals surface area contributed by atoms with Crippen molar-refractivity contribution >= 4 is 23.2 Å². The summed E-state index contributed by atoms with van der Waals surface area (Å²) in [7, 11) is 0. The quantitative estimate of drug-likeness (QED) is 0.893. The molecule has 3 rings (SSSR count). The van der Waals surface area contributed by atoms with Crippen LogP contribution >= 0.6 is 11.3 Å². The number of rotatable bonds is 4. The molecule has 1 saturated heterocycles. The Bertz CT molecular complexity index is 749. The number of hydrogen-bond acceptors (Lipinski definition) is 4. The number of amides is 2. The van der Waals surface area contributed by atoms with Crippen LogP contribution in [-0.2, 0) is 0 Å². The zero-order valence-electron chi connectivity index (χ0n) is 14.1. The minimum atomic E-state index is -0.0818. The average Bonchev–Trinajstić information content (AvgIpc) is 3.26. The summed E-state index contributed by atoms with van der Waals surface area (Å²) in [5.74, 6) is 0.162. The molecule has 2 N–H and O–H groups in total. The lowest BCUT2D eigenvalue weighted by atomic mass is 10.1. The predicted molar refractivity (Wildman–Crippen MR) is 93.5 cm³/mol. The van der Waals surface area contributed by atoms with Crippen LogP contribution in [0, 0.1) is 6.92 Å². The van der Waals surface area contributed by atoms with Crippen molar-refractivity contribution in [3.63, 3.8) is 0 Å². The molecular weight excluding hydrogens is 324 g/mol. The SMILES string of the molecule is Cc1sccc1C(=O)NC1CCN(C(=O)c2cc(C(C)C)[nH]n2)C1. The first-order valence-electron chi connectivity index (χ1n) is 8.15. The molecule has 1 atom stereocenters. The number of nitrogens with one attached hydrogen (secondary N) is 2. The lowest BCUT2D eigenvalue weighted by Gasteiger charge is -2.16. The lowest BCUT2D eigenvalue weighted by Crippen LogP contribution is -2.38. The van der Waals surface area contributed by atoms with Gasteiger partial charge in [0.25, 0.3) is 11.8 Å². The van der Waals surface area contributed by atoms with Gasteiger partial charge in [-0.2, -0.15) is 5.10 Å². The first kappa shape index (κ1) is 16.7. The number of thiophene rings is 1. The van der Waals surface area contributed by atoms with Gasteiger partial charge in [-0.1, -0.05) is 13.8 Å². The molecular formula is C17H22N4O2S. The van der Waals surface area contributed by atoms with Crippen molar-refractivity contribution in [1.29, 1.82) is 0 Å². The van der Waals surface area contributed by atoms with Gasteiger partial charge < -0.3 is 10.2 Å². The van der Waals surface area contributed by atoms with Crippen molar-refractivity contribution in [3.05, 3.63) is 39.3 Å². The minimum Gasteiger partial charge on any atom is -0.347 e. The Morgan fingerprint density at radius 1 is 1.46 bits per heavy atom. The monoisotopic (exact) mass is 346 g/mol. The molecule has 0 saturated carbocycles. The molecule has 6 nitrogen and oxygen atoms in total. The van der Waals surface area contributed by atoms with E-state index in [0.717, 1.165) is 22.6 Å². The third-order valence-corrected chi connectivity index (χ3v) is 5.20. The van der Waals surface area contributed by atoms with E-state index in [1.54, 1.807) is 16.2 Å². The number of likely N-dealkylation sites (tertiary alicyclic amines) is 1. The highest BCUT2D eigenvalue weighted by Crippen LogP contribution is 2.18. The molecule has 7 heteroatoms. The van der Waals surface area contributed by atoms with E-state index in [1.807, 2.05) is 24.4 Å². The fourth-order valence-corrected chi connectivity index (χ4v) is 3.55. The summed E-state index contributed by atoms with van der Waals surface area (Å²) < 4.78 is 0. The first-order valence-corrected chi connectivity index (χ1v) is 9.03. The van der Waals surface area contributed by atoms with Crippen LogP contribution in [-0.4, -0.2) is 46.0 Å². The summed E-state index contributed by atoms with van der Waals surface area (Å²) in [6.45, 7) is 7.20. The summed E-state index contributed by atoms with van der Waals surface area (Å²) in [6.07, 6.45) is 0.766. The van der Waals surface area contributed by atoms with E-state index in [4.69, 9.17) is 0 Å². The molecule has 0 spiro atoms. The van der Waals surface area contributed by atoms with E-state index in [0.29, 0.717) is 24.7 Å². The van der Waals surface area contributed by atoms with Gasteiger partial charge in [0.1, 0.15) is 5.69 Å². The number of nitrogens with zero attached hydrogens (tertiary/aromatic N) is 2. The predicted octanol–water partition coefficient (Wildman–Crippen LogP) is 2.55. The molecule has 24 heavy (non-hydrogen) atoms. The van der Waals surface area contributed by atoms with Crippen LogP contribution in [0.2, 0.25) is 0 Å². The van der Waals surface area contributed by atoms with Gasteiger partial charge in [-0.05, 0) is 36.8 Å². The Labute approximate surface area is 145 Å². The molecule has 0 aliphatic carbocycles. The van der Waals surface area contributed by atoms with E-state index in [-0.39, 0.29) is 17.9 Å². The highest BCUT2D eigenvalue weighted by Gasteiger charge is 2.29. The standard InChI is InChI=1S/C17H22N4O2S/c1-10(2)14-8-15(20-19-14)17(23)21-6-4-12(9-21)18-16(22)13-5-7-24-11(13)3/h5,7-8,10,12H,4,6,9H2,1-3H3,(H,18,22)(H,19,20). The second-order valence-corrected chi connectivity index (χ2v) is 7.58. The highest BCUT2D eigenvalue weighted by atomic mass is 32.1. The van der Waals surface area contributed by atoms with E-state index < -0.39 is 0 Å². The van der Waals surface area contributed by atoms with Crippen LogP contribution in [0.3, 0.4) is 0 Å². The van der Waals surface area contributed by atoms with E-state index in [9.17, 15) is 9.59 Å². The third-order valence-electron chi connectivity index (χ3n) is 4.35. The molecule has 2 amide bonds. The molecule has 1 fully saturated rings. The summed E-state index contributed by atoms with van der Waals surface area (Å²) in [6, 6.07) is 3.64. The molecule has 128 valence electrons. The Morgan fingerprint density at radius 3 is 2.88 bits per heavy atom. The average molecular weight is 346 g/mol. The topological polar surface area (TPSA) is 78.1 Å². The summed E-state index contributed by atoms with van der Waals surface area (Å²) in [4.78, 5) is 27.6. The van der Waals surface area contributed by atoms with Crippen molar-refractivity contribution in [3.8, 4) is 0 Å². The van der Waals surface area contributed by atoms with Crippen LogP contribution in [0.1, 0.15) is 57.6 Å². The van der Waals surface area contributed by atoms with Crippen LogP contribution in [0.4, 0.5) is 0 Å². The molecule has 3 heterocycles. The van der Waals surface area contributed by atoms with Gasteiger partial charge in [0.2, 0.25) is 0 Å². The maximum atomic E-state index is 12.5. The Kier molecular flexibility index (Phi) is 4.71. The van der Waals surface area contributed by atoms with Crippen LogP contribution < -0.4 is 5.32 Å². The van der Waals surface area contributed by atoms with Gasteiger partial charge in [0.15, 0.2) is 0 Å². The van der Waals surface area contributed by atoms with Gasteiger partial charge in [0.05, 0.1) is 5.56 Å². The van der Waals surface area contributed by atoms with Gasteiger partial charge in [-0.3, -0.25) is 14.7 Å². The van der Waals surface area contributed by atoms with E-state index in [2.05, 4.69) is 29.4 Å². The number of carbonyl (C=O) groups excluding carboxylic acids is 2. The maximum Gasteiger partial charge on any atom is 0.274 e. The number of aromatic amines is 1. The molecule has 0 radical (unpaired) electrons. The van der Waals surface area contributed by atoms with Crippen molar-refractivity contribution in [1.82, 2.24) is 20.4 Å². The summed E-state index contributed by atoms with van der Waals surface area (Å²) in [5, 5.41) is 12.0. The molecule has 0 aromatic carbocycles. The zero-order chi connectivity index (χ0) is 17.3. The maximum absolute atomic E-state index is 12.5. The van der Waals surface area contributed by atoms with E-state index >= 15 is 0 Å². The number of carbonyl (C=O) groups is 2. The lowest BCUT2D eigenvalue weighted by molar-refractivity contribution is 0.0777. The number of aromatic nitrogens is 2. The fourth-order valence-electron chi connectivity index (χ4n) is 2.85. The van der Waals surface area contributed by atoms with Crippen LogP contribution in [0.25, 0.3) is 0 Å². The van der Waals surface area contributed by atoms with Gasteiger partial charge in [-0.25, -0.2) is 0 Å². The molecule has 2 aromatic rings. The van der Waals surface area contributed by atoms with Crippen molar-refractivity contribution in [2.75, 3.05) is 13.1 Å². The van der Waals surface area contributed by atoms with Gasteiger partial charge in [0, 0.05) is 29.7 Å². The Hall–Kier alpha value is -2.15. The largest absolute Gasteiger partial charge is 0.347 e. The minimum absolute atomic E-state index is 0.00994.